The highest BCUT2D eigenvalue weighted by molar-refractivity contribution is 6.07. The molecule has 1 saturated heterocycles. The summed E-state index contributed by atoms with van der Waals surface area (Å²) < 4.78 is 2.21. The fourth-order valence-electron chi connectivity index (χ4n) is 4.65. The number of likely N-dealkylation sites (tertiary alicyclic amines) is 1. The van der Waals surface area contributed by atoms with Crippen LogP contribution in [0.3, 0.4) is 0 Å². The molecule has 29 heavy (non-hydrogen) atoms. The normalized spacial score (nSPS) is 17.1. The van der Waals surface area contributed by atoms with Gasteiger partial charge in [-0.15, -0.1) is 0 Å². The Kier molecular flexibility index (Phi) is 4.46. The van der Waals surface area contributed by atoms with Crippen molar-refractivity contribution in [3.63, 3.8) is 0 Å². The molecular formula is C24H27N4O. The molecule has 1 N–H and O–H groups in total. The molecule has 0 saturated carbocycles. The lowest BCUT2D eigenvalue weighted by Gasteiger charge is -2.37. The molecule has 0 unspecified atom stereocenters. The molecule has 0 bridgehead atoms. The average molecular weight is 388 g/mol. The van der Waals surface area contributed by atoms with Crippen LogP contribution in [0.25, 0.3) is 10.9 Å². The van der Waals surface area contributed by atoms with Crippen molar-refractivity contribution in [3.05, 3.63) is 67.0 Å². The van der Waals surface area contributed by atoms with Crippen LogP contribution in [0.15, 0.2) is 54.7 Å². The summed E-state index contributed by atoms with van der Waals surface area (Å²) in [7, 11) is 0. The smallest absolute Gasteiger partial charge is 0.256 e. The zero-order valence-electron chi connectivity index (χ0n) is 17.0. The minimum Gasteiger partial charge on any atom is -0.360 e. The minimum absolute atomic E-state index is 0.156. The van der Waals surface area contributed by atoms with Crippen molar-refractivity contribution >= 4 is 28.2 Å². The molecule has 2 aliphatic rings. The van der Waals surface area contributed by atoms with Crippen LogP contribution >= 0.6 is 0 Å². The first-order chi connectivity index (χ1) is 14.1. The lowest BCUT2D eigenvalue weighted by atomic mass is 10.0. The molecule has 0 aliphatic carbocycles. The molecule has 2 aliphatic heterocycles. The van der Waals surface area contributed by atoms with Crippen LogP contribution in [0.5, 0.6) is 0 Å². The first-order valence-corrected chi connectivity index (χ1v) is 10.5. The van der Waals surface area contributed by atoms with Gasteiger partial charge in [-0.1, -0.05) is 30.3 Å². The number of fused-ring (bicyclic) bond motifs is 2. The van der Waals surface area contributed by atoms with E-state index in [1.54, 1.807) is 0 Å². The highest BCUT2D eigenvalue weighted by Gasteiger charge is 2.31. The first-order valence-electron chi connectivity index (χ1n) is 10.5. The summed E-state index contributed by atoms with van der Waals surface area (Å²) in [6, 6.07) is 17.4. The zero-order chi connectivity index (χ0) is 20.0. The van der Waals surface area contributed by atoms with Gasteiger partial charge in [-0.25, -0.2) is 0 Å². The maximum absolute atomic E-state index is 13.4. The molecule has 1 amide bonds. The van der Waals surface area contributed by atoms with Crippen LogP contribution in [-0.2, 0) is 0 Å². The van der Waals surface area contributed by atoms with Gasteiger partial charge in [0.2, 0.25) is 0 Å². The first kappa shape index (κ1) is 18.1. The van der Waals surface area contributed by atoms with Crippen molar-refractivity contribution in [2.45, 2.75) is 38.8 Å². The van der Waals surface area contributed by atoms with Crippen LogP contribution < -0.4 is 10.2 Å². The second-order valence-electron chi connectivity index (χ2n) is 8.28. The third-order valence-electron chi connectivity index (χ3n) is 6.21. The van der Waals surface area contributed by atoms with Crippen LogP contribution in [0, 0.1) is 6.67 Å². The number of carbonyl (C=O) groups excluding carboxylic acids is 1. The number of anilines is 2. The van der Waals surface area contributed by atoms with E-state index in [4.69, 9.17) is 0 Å². The number of piperidine rings is 1. The largest absolute Gasteiger partial charge is 0.360 e. The van der Waals surface area contributed by atoms with E-state index in [9.17, 15) is 4.79 Å². The molecule has 1 aromatic heterocycles. The van der Waals surface area contributed by atoms with Crippen LogP contribution in [0.4, 0.5) is 11.4 Å². The van der Waals surface area contributed by atoms with Crippen LogP contribution in [0.2, 0.25) is 0 Å². The Morgan fingerprint density at radius 2 is 1.76 bits per heavy atom. The number of carbonyl (C=O) groups is 1. The molecule has 1 radical (unpaired) electrons. The maximum atomic E-state index is 13.4. The number of nitrogens with one attached hydrogen (secondary N) is 1. The number of benzene rings is 2. The van der Waals surface area contributed by atoms with Crippen LogP contribution in [0.1, 0.15) is 43.1 Å². The molecular weight excluding hydrogens is 360 g/mol. The van der Waals surface area contributed by atoms with E-state index < -0.39 is 0 Å². The molecule has 0 atom stereocenters. The predicted molar refractivity (Wildman–Crippen MR) is 118 cm³/mol. The van der Waals surface area contributed by atoms with Gasteiger partial charge >= 0.3 is 0 Å². The molecule has 3 aromatic rings. The van der Waals surface area contributed by atoms with E-state index in [2.05, 4.69) is 71.7 Å². The summed E-state index contributed by atoms with van der Waals surface area (Å²) in [5, 5.41) is 4.41. The van der Waals surface area contributed by atoms with Gasteiger partial charge in [0.15, 0.2) is 0 Å². The minimum atomic E-state index is 0.156. The van der Waals surface area contributed by atoms with Gasteiger partial charge in [0.1, 0.15) is 6.67 Å². The Bertz CT molecular complexity index is 1050. The molecule has 0 spiro atoms. The second-order valence-corrected chi connectivity index (χ2v) is 8.28. The number of nitrogens with zero attached hydrogens (tertiary/aromatic N) is 3. The van der Waals surface area contributed by atoms with Crippen molar-refractivity contribution in [2.75, 3.05) is 23.3 Å². The number of rotatable bonds is 3. The Morgan fingerprint density at radius 1 is 1.03 bits per heavy atom. The Labute approximate surface area is 171 Å². The average Bonchev–Trinajstić information content (AvgIpc) is 3.35. The molecule has 5 heteroatoms. The molecule has 2 aromatic carbocycles. The second kappa shape index (κ2) is 7.14. The standard InChI is InChI=1S/C24H27N4O/c1-17(2)27-15-20(19-7-3-5-9-22(19)27)24(29)26-13-11-18(12-14-26)28-16-25-21-8-4-6-10-23(21)28/h3-10,15-18,25H,11-14H2,1-2H3. The SMILES string of the molecule is CC(C)n1cc(C(=O)N2CCC(N3[CH]Nc4ccccc43)CC2)c2ccccc21. The molecule has 1 fully saturated rings. The van der Waals surface area contributed by atoms with E-state index >= 15 is 0 Å². The molecule has 5 rings (SSSR count). The topological polar surface area (TPSA) is 40.5 Å². The van der Waals surface area contributed by atoms with Gasteiger partial charge in [0.25, 0.3) is 5.91 Å². The third kappa shape index (κ3) is 3.05. The van der Waals surface area contributed by atoms with E-state index in [0.717, 1.165) is 48.1 Å². The van der Waals surface area contributed by atoms with Gasteiger partial charge < -0.3 is 19.7 Å². The zero-order valence-corrected chi connectivity index (χ0v) is 17.0. The lowest BCUT2D eigenvalue weighted by Crippen LogP contribution is -2.45. The Balaban J connectivity index is 1.33. The lowest BCUT2D eigenvalue weighted by molar-refractivity contribution is 0.0715. The van der Waals surface area contributed by atoms with Crippen molar-refractivity contribution in [1.82, 2.24) is 9.47 Å². The van der Waals surface area contributed by atoms with Crippen molar-refractivity contribution in [3.8, 4) is 0 Å². The monoisotopic (exact) mass is 387 g/mol. The van der Waals surface area contributed by atoms with Gasteiger partial charge in [-0.05, 0) is 44.9 Å². The highest BCUT2D eigenvalue weighted by Crippen LogP contribution is 2.36. The van der Waals surface area contributed by atoms with Gasteiger partial charge in [0, 0.05) is 42.3 Å². The summed E-state index contributed by atoms with van der Waals surface area (Å²) in [5.74, 6) is 0.156. The van der Waals surface area contributed by atoms with Gasteiger partial charge in [-0.2, -0.15) is 0 Å². The molecule has 5 nitrogen and oxygen atoms in total. The van der Waals surface area contributed by atoms with Crippen LogP contribution in [-0.4, -0.2) is 34.5 Å². The Hall–Kier alpha value is -2.95. The number of hydrogen-bond acceptors (Lipinski definition) is 3. The van der Waals surface area contributed by atoms with E-state index in [0.29, 0.717) is 12.1 Å². The van der Waals surface area contributed by atoms with Gasteiger partial charge in [-0.3, -0.25) is 4.79 Å². The van der Waals surface area contributed by atoms with Crippen molar-refractivity contribution < 1.29 is 4.79 Å². The summed E-state index contributed by atoms with van der Waals surface area (Å²) in [5.41, 5.74) is 4.35. The number of hydrogen-bond donors (Lipinski definition) is 1. The summed E-state index contributed by atoms with van der Waals surface area (Å²) >= 11 is 0. The molecule has 3 heterocycles. The summed E-state index contributed by atoms with van der Waals surface area (Å²) in [6.45, 7) is 7.96. The van der Waals surface area contributed by atoms with Gasteiger partial charge in [0.05, 0.1) is 16.9 Å². The van der Waals surface area contributed by atoms with E-state index in [1.165, 1.54) is 5.69 Å². The fraction of sp³-hybridized carbons (Fsp3) is 0.333. The summed E-state index contributed by atoms with van der Waals surface area (Å²) in [4.78, 5) is 17.7. The fourth-order valence-corrected chi connectivity index (χ4v) is 4.65. The quantitative estimate of drug-likeness (QED) is 0.696. The predicted octanol–water partition coefficient (Wildman–Crippen LogP) is 4.88. The van der Waals surface area contributed by atoms with Crippen molar-refractivity contribution in [2.24, 2.45) is 0 Å². The number of amides is 1. The Morgan fingerprint density at radius 3 is 2.55 bits per heavy atom. The maximum Gasteiger partial charge on any atom is 0.256 e. The number of aromatic nitrogens is 1. The third-order valence-corrected chi connectivity index (χ3v) is 6.21. The van der Waals surface area contributed by atoms with E-state index in [-0.39, 0.29) is 5.91 Å². The highest BCUT2D eigenvalue weighted by atomic mass is 16.2. The van der Waals surface area contributed by atoms with Crippen molar-refractivity contribution in [1.29, 1.82) is 0 Å². The molecule has 149 valence electrons. The van der Waals surface area contributed by atoms with E-state index in [1.807, 2.05) is 23.2 Å². The summed E-state index contributed by atoms with van der Waals surface area (Å²) in [6.07, 6.45) is 3.99. The number of para-hydroxylation sites is 3.